The number of carbonyl (C=O) groups excluding carboxylic acids is 2. The molecule has 1 aromatic carbocycles. The first-order valence-electron chi connectivity index (χ1n) is 8.33. The Bertz CT molecular complexity index is 903. The number of phenols is 1. The number of benzene rings is 1. The van der Waals surface area contributed by atoms with Crippen LogP contribution < -0.4 is 4.90 Å². The number of rotatable bonds is 4. The van der Waals surface area contributed by atoms with E-state index < -0.39 is 23.6 Å². The van der Waals surface area contributed by atoms with Crippen LogP contribution in [0.4, 0.5) is 5.69 Å². The molecule has 0 saturated heterocycles. The summed E-state index contributed by atoms with van der Waals surface area (Å²) in [5.74, 6) is -2.13. The van der Waals surface area contributed by atoms with Crippen LogP contribution in [0.15, 0.2) is 54.1 Å². The molecule has 0 saturated carbocycles. The number of aromatic nitrogens is 1. The number of aromatic hydroxyl groups is 1. The van der Waals surface area contributed by atoms with Gasteiger partial charge in [0.25, 0.3) is 5.91 Å². The van der Waals surface area contributed by atoms with E-state index in [4.69, 9.17) is 0 Å². The van der Waals surface area contributed by atoms with E-state index >= 15 is 0 Å². The largest absolute Gasteiger partial charge is 0.506 e. The van der Waals surface area contributed by atoms with Gasteiger partial charge >= 0.3 is 0 Å². The second-order valence-corrected chi connectivity index (χ2v) is 6.64. The standard InChI is InChI=1S/C20H20N2O4/c1-11(2)18(24)16-17(13-5-4-8-21-10-13)22(20(26)19(16)25)14-9-12(3)6-7-15(14)23/h4-11,17,23,25H,1-3H3. The summed E-state index contributed by atoms with van der Waals surface area (Å²) in [4.78, 5) is 30.9. The van der Waals surface area contributed by atoms with Crippen molar-refractivity contribution in [1.29, 1.82) is 0 Å². The van der Waals surface area contributed by atoms with Gasteiger partial charge in [-0.25, -0.2) is 0 Å². The summed E-state index contributed by atoms with van der Waals surface area (Å²) >= 11 is 0. The Labute approximate surface area is 151 Å². The van der Waals surface area contributed by atoms with Crippen molar-refractivity contribution in [2.24, 2.45) is 5.92 Å². The molecule has 1 amide bonds. The Morgan fingerprint density at radius 3 is 2.58 bits per heavy atom. The number of aliphatic hydroxyl groups is 1. The Morgan fingerprint density at radius 1 is 1.23 bits per heavy atom. The fourth-order valence-corrected chi connectivity index (χ4v) is 3.10. The van der Waals surface area contributed by atoms with Gasteiger partial charge in [0.15, 0.2) is 11.5 Å². The number of Topliss-reactive ketones (excluding diaryl/α,β-unsaturated/α-hetero) is 1. The Morgan fingerprint density at radius 2 is 1.96 bits per heavy atom. The zero-order chi connectivity index (χ0) is 19.0. The molecule has 1 aliphatic rings. The van der Waals surface area contributed by atoms with Crippen molar-refractivity contribution in [2.45, 2.75) is 26.8 Å². The first-order valence-corrected chi connectivity index (χ1v) is 8.33. The van der Waals surface area contributed by atoms with E-state index in [9.17, 15) is 19.8 Å². The lowest BCUT2D eigenvalue weighted by Crippen LogP contribution is -2.31. The van der Waals surface area contributed by atoms with E-state index in [0.29, 0.717) is 5.56 Å². The molecule has 0 spiro atoms. The first-order chi connectivity index (χ1) is 12.3. The molecule has 1 atom stereocenters. The average Bonchev–Trinajstić information content (AvgIpc) is 2.88. The van der Waals surface area contributed by atoms with Crippen LogP contribution in [0.3, 0.4) is 0 Å². The van der Waals surface area contributed by atoms with Gasteiger partial charge in [-0.1, -0.05) is 26.0 Å². The normalized spacial score (nSPS) is 17.3. The minimum atomic E-state index is -0.848. The van der Waals surface area contributed by atoms with Gasteiger partial charge in [0.05, 0.1) is 17.3 Å². The van der Waals surface area contributed by atoms with Gasteiger partial charge in [0, 0.05) is 18.3 Å². The van der Waals surface area contributed by atoms with Gasteiger partial charge < -0.3 is 10.2 Å². The smallest absolute Gasteiger partial charge is 0.294 e. The number of amides is 1. The molecule has 0 bridgehead atoms. The fourth-order valence-electron chi connectivity index (χ4n) is 3.10. The van der Waals surface area contributed by atoms with Crippen LogP contribution in [0.25, 0.3) is 0 Å². The maximum atomic E-state index is 12.8. The number of aliphatic hydroxyl groups excluding tert-OH is 1. The third-order valence-electron chi connectivity index (χ3n) is 4.39. The van der Waals surface area contributed by atoms with Crippen molar-refractivity contribution in [2.75, 3.05) is 4.90 Å². The summed E-state index contributed by atoms with van der Waals surface area (Å²) in [7, 11) is 0. The predicted molar refractivity (Wildman–Crippen MR) is 96.8 cm³/mol. The SMILES string of the molecule is Cc1ccc(O)c(N2C(=O)C(O)=C(C(=O)C(C)C)C2c2cccnc2)c1. The zero-order valence-electron chi connectivity index (χ0n) is 14.8. The predicted octanol–water partition coefficient (Wildman–Crippen LogP) is 3.22. The van der Waals surface area contributed by atoms with Gasteiger partial charge in [-0.2, -0.15) is 0 Å². The quantitative estimate of drug-likeness (QED) is 0.882. The molecule has 2 heterocycles. The Balaban J connectivity index is 2.23. The van der Waals surface area contributed by atoms with Crippen LogP contribution in [-0.4, -0.2) is 26.9 Å². The van der Waals surface area contributed by atoms with Crippen molar-refractivity contribution in [1.82, 2.24) is 4.98 Å². The van der Waals surface area contributed by atoms with Crippen molar-refractivity contribution in [3.8, 4) is 5.75 Å². The molecule has 2 N–H and O–H groups in total. The highest BCUT2D eigenvalue weighted by Crippen LogP contribution is 2.44. The number of pyridine rings is 1. The number of aryl methyl sites for hydroxylation is 1. The number of carbonyl (C=O) groups is 2. The highest BCUT2D eigenvalue weighted by Gasteiger charge is 2.45. The molecule has 26 heavy (non-hydrogen) atoms. The van der Waals surface area contributed by atoms with Gasteiger partial charge in [-0.05, 0) is 36.2 Å². The topological polar surface area (TPSA) is 90.7 Å². The Hall–Kier alpha value is -3.15. The van der Waals surface area contributed by atoms with Crippen LogP contribution in [0.1, 0.15) is 31.0 Å². The van der Waals surface area contributed by atoms with Gasteiger partial charge in [-0.3, -0.25) is 19.5 Å². The van der Waals surface area contributed by atoms with Crippen molar-refractivity contribution in [3.05, 3.63) is 65.2 Å². The third kappa shape index (κ3) is 2.83. The summed E-state index contributed by atoms with van der Waals surface area (Å²) in [5.41, 5.74) is 1.68. The zero-order valence-corrected chi connectivity index (χ0v) is 14.8. The molecule has 3 rings (SSSR count). The van der Waals surface area contributed by atoms with Crippen LogP contribution in [0, 0.1) is 12.8 Å². The van der Waals surface area contributed by atoms with Gasteiger partial charge in [-0.15, -0.1) is 0 Å². The molecule has 134 valence electrons. The molecule has 1 unspecified atom stereocenters. The minimum absolute atomic E-state index is 0.0268. The molecule has 0 aliphatic carbocycles. The molecule has 2 aromatic rings. The number of hydrogen-bond donors (Lipinski definition) is 2. The number of ketones is 1. The monoisotopic (exact) mass is 352 g/mol. The second kappa shape index (κ2) is 6.63. The van der Waals surface area contributed by atoms with Crippen molar-refractivity contribution < 1.29 is 19.8 Å². The lowest BCUT2D eigenvalue weighted by Gasteiger charge is -2.27. The van der Waals surface area contributed by atoms with Crippen LogP contribution >= 0.6 is 0 Å². The van der Waals surface area contributed by atoms with Crippen LogP contribution in [0.5, 0.6) is 5.75 Å². The fraction of sp³-hybridized carbons (Fsp3) is 0.250. The van der Waals surface area contributed by atoms with E-state index in [1.54, 1.807) is 50.5 Å². The number of hydrogen-bond acceptors (Lipinski definition) is 5. The highest BCUT2D eigenvalue weighted by atomic mass is 16.3. The second-order valence-electron chi connectivity index (χ2n) is 6.64. The third-order valence-corrected chi connectivity index (χ3v) is 4.39. The molecular weight excluding hydrogens is 332 g/mol. The first kappa shape index (κ1) is 17.7. The molecule has 1 aliphatic heterocycles. The average molecular weight is 352 g/mol. The van der Waals surface area contributed by atoms with Crippen molar-refractivity contribution >= 4 is 17.4 Å². The molecule has 0 radical (unpaired) electrons. The van der Waals surface area contributed by atoms with E-state index in [1.165, 1.54) is 11.0 Å². The van der Waals surface area contributed by atoms with E-state index in [0.717, 1.165) is 5.56 Å². The highest BCUT2D eigenvalue weighted by molar-refractivity contribution is 6.17. The van der Waals surface area contributed by atoms with Gasteiger partial charge in [0.2, 0.25) is 0 Å². The summed E-state index contributed by atoms with van der Waals surface area (Å²) in [6, 6.07) is 7.42. The summed E-state index contributed by atoms with van der Waals surface area (Å²) in [5, 5.41) is 20.8. The van der Waals surface area contributed by atoms with Gasteiger partial charge in [0.1, 0.15) is 5.75 Å². The minimum Gasteiger partial charge on any atom is -0.506 e. The van der Waals surface area contributed by atoms with Crippen LogP contribution in [0.2, 0.25) is 0 Å². The molecular formula is C20H20N2O4. The van der Waals surface area contributed by atoms with Crippen LogP contribution in [-0.2, 0) is 9.59 Å². The maximum absolute atomic E-state index is 12.8. The molecule has 6 nitrogen and oxygen atoms in total. The lowest BCUT2D eigenvalue weighted by atomic mass is 9.92. The van der Waals surface area contributed by atoms with E-state index in [1.807, 2.05) is 6.92 Å². The summed E-state index contributed by atoms with van der Waals surface area (Å²) in [6.07, 6.45) is 3.13. The number of anilines is 1. The molecule has 6 heteroatoms. The van der Waals surface area contributed by atoms with E-state index in [-0.39, 0.29) is 22.8 Å². The Kier molecular flexibility index (Phi) is 4.50. The number of nitrogens with zero attached hydrogens (tertiary/aromatic N) is 2. The van der Waals surface area contributed by atoms with Crippen molar-refractivity contribution in [3.63, 3.8) is 0 Å². The summed E-state index contributed by atoms with van der Waals surface area (Å²) in [6.45, 7) is 5.25. The lowest BCUT2D eigenvalue weighted by molar-refractivity contribution is -0.119. The van der Waals surface area contributed by atoms with E-state index in [2.05, 4.69) is 4.98 Å². The number of phenolic OH excluding ortho intramolecular Hbond substituents is 1. The molecule has 1 aromatic heterocycles. The maximum Gasteiger partial charge on any atom is 0.294 e. The molecule has 0 fully saturated rings. The summed E-state index contributed by atoms with van der Waals surface area (Å²) < 4.78 is 0.